The number of ether oxygens (including phenoxy) is 1. The molecule has 3 aromatic rings. The minimum atomic E-state index is -0.326. The summed E-state index contributed by atoms with van der Waals surface area (Å²) in [6.45, 7) is 2.46. The second-order valence-corrected chi connectivity index (χ2v) is 8.82. The van der Waals surface area contributed by atoms with Gasteiger partial charge in [-0.2, -0.15) is 0 Å². The van der Waals surface area contributed by atoms with Gasteiger partial charge in [-0.15, -0.1) is 0 Å². The van der Waals surface area contributed by atoms with Crippen LogP contribution in [0.25, 0.3) is 10.9 Å². The summed E-state index contributed by atoms with van der Waals surface area (Å²) in [6.07, 6.45) is 3.15. The fourth-order valence-electron chi connectivity index (χ4n) is 5.06. The Morgan fingerprint density at radius 2 is 2.00 bits per heavy atom. The second kappa shape index (κ2) is 9.19. The number of amides is 1. The van der Waals surface area contributed by atoms with Gasteiger partial charge >= 0.3 is 0 Å². The van der Waals surface area contributed by atoms with Crippen molar-refractivity contribution in [1.82, 2.24) is 10.5 Å². The van der Waals surface area contributed by atoms with Crippen LogP contribution >= 0.6 is 0 Å². The van der Waals surface area contributed by atoms with E-state index in [4.69, 9.17) is 14.8 Å². The summed E-state index contributed by atoms with van der Waals surface area (Å²) in [7, 11) is 0. The van der Waals surface area contributed by atoms with E-state index in [0.29, 0.717) is 13.0 Å². The third kappa shape index (κ3) is 4.41. The van der Waals surface area contributed by atoms with Crippen molar-refractivity contribution in [1.29, 1.82) is 0 Å². The van der Waals surface area contributed by atoms with Crippen LogP contribution in [0.2, 0.25) is 0 Å². The smallest absolute Gasteiger partial charge is 0.246 e. The van der Waals surface area contributed by atoms with Gasteiger partial charge < -0.3 is 9.57 Å². The Balaban J connectivity index is 1.22. The predicted octanol–water partition coefficient (Wildman–Crippen LogP) is 4.54. The third-order valence-electron chi connectivity index (χ3n) is 6.70. The Kier molecular flexibility index (Phi) is 5.96. The number of nitrogens with one attached hydrogen (secondary N) is 1. The maximum absolute atomic E-state index is 12.0. The van der Waals surface area contributed by atoms with Gasteiger partial charge in [-0.25, -0.2) is 5.48 Å². The largest absolute Gasteiger partial charge is 0.489 e. The highest BCUT2D eigenvalue weighted by Gasteiger charge is 2.41. The van der Waals surface area contributed by atoms with Gasteiger partial charge in [-0.1, -0.05) is 29.8 Å². The number of hydroxylamine groups is 1. The van der Waals surface area contributed by atoms with Gasteiger partial charge in [-0.3, -0.25) is 15.0 Å². The van der Waals surface area contributed by atoms with Crippen molar-refractivity contribution in [3.8, 4) is 5.75 Å². The van der Waals surface area contributed by atoms with E-state index in [1.165, 1.54) is 0 Å². The number of oxime groups is 1. The van der Waals surface area contributed by atoms with E-state index < -0.39 is 0 Å². The topological polar surface area (TPSA) is 93.0 Å². The lowest BCUT2D eigenvalue weighted by molar-refractivity contribution is -0.136. The van der Waals surface area contributed by atoms with Crippen LogP contribution in [-0.4, -0.2) is 27.9 Å². The Labute approximate surface area is 192 Å². The predicted molar refractivity (Wildman–Crippen MR) is 124 cm³/mol. The lowest BCUT2D eigenvalue weighted by Gasteiger charge is -2.22. The Bertz CT molecular complexity index is 1190. The standard InChI is InChI=1S/C26H27N3O4/c1-16-13-18(20-5-2-3-8-23(20)27-16)15-32-19-11-9-17(10-12-19)24-14-25(33-29-24)21-6-4-7-22(21)26(30)28-31/h2-3,5,8-13,21-22,25,31H,4,6-7,14-15H2,1H3,(H,28,30). The van der Waals surface area contributed by atoms with E-state index >= 15 is 0 Å². The number of carbonyl (C=O) groups is 1. The molecule has 0 saturated heterocycles. The van der Waals surface area contributed by atoms with Gasteiger partial charge in [0.1, 0.15) is 18.5 Å². The zero-order chi connectivity index (χ0) is 22.8. The summed E-state index contributed by atoms with van der Waals surface area (Å²) < 4.78 is 6.06. The minimum absolute atomic E-state index is 0.0691. The quantitative estimate of drug-likeness (QED) is 0.429. The summed E-state index contributed by atoms with van der Waals surface area (Å²) in [4.78, 5) is 22.2. The Morgan fingerprint density at radius 3 is 2.82 bits per heavy atom. The molecule has 0 bridgehead atoms. The molecule has 33 heavy (non-hydrogen) atoms. The number of nitrogens with zero attached hydrogens (tertiary/aromatic N) is 2. The molecule has 2 aromatic carbocycles. The number of fused-ring (bicyclic) bond motifs is 1. The summed E-state index contributed by atoms with van der Waals surface area (Å²) >= 11 is 0. The molecule has 3 unspecified atom stereocenters. The van der Waals surface area contributed by atoms with Crippen LogP contribution in [0.3, 0.4) is 0 Å². The van der Waals surface area contributed by atoms with Crippen LogP contribution in [0.5, 0.6) is 5.75 Å². The molecule has 0 radical (unpaired) electrons. The number of para-hydroxylation sites is 1. The number of rotatable bonds is 6. The van der Waals surface area contributed by atoms with Crippen LogP contribution in [0.1, 0.15) is 42.5 Å². The van der Waals surface area contributed by atoms with Crippen LogP contribution in [-0.2, 0) is 16.2 Å². The van der Waals surface area contributed by atoms with E-state index in [0.717, 1.165) is 58.4 Å². The minimum Gasteiger partial charge on any atom is -0.489 e. The first-order chi connectivity index (χ1) is 16.1. The van der Waals surface area contributed by atoms with E-state index in [2.05, 4.69) is 22.3 Å². The van der Waals surface area contributed by atoms with E-state index in [-0.39, 0.29) is 23.8 Å². The molecule has 1 saturated carbocycles. The number of carbonyl (C=O) groups excluding carboxylic acids is 1. The third-order valence-corrected chi connectivity index (χ3v) is 6.70. The van der Waals surface area contributed by atoms with Crippen LogP contribution in [0.4, 0.5) is 0 Å². The van der Waals surface area contributed by atoms with Crippen molar-refractivity contribution >= 4 is 22.5 Å². The Hall–Kier alpha value is -3.45. The zero-order valence-corrected chi connectivity index (χ0v) is 18.5. The summed E-state index contributed by atoms with van der Waals surface area (Å²) in [5.41, 5.74) is 6.70. The van der Waals surface area contributed by atoms with Crippen molar-refractivity contribution < 1.29 is 19.6 Å². The SMILES string of the molecule is Cc1cc(COc2ccc(C3=NOC(C4CCCC4C(=O)NO)C3)cc2)c2ccccc2n1. The lowest BCUT2D eigenvalue weighted by atomic mass is 9.87. The van der Waals surface area contributed by atoms with Crippen LogP contribution in [0.15, 0.2) is 59.8 Å². The molecule has 1 aliphatic carbocycles. The molecule has 170 valence electrons. The molecular weight excluding hydrogens is 418 g/mol. The lowest BCUT2D eigenvalue weighted by Crippen LogP contribution is -2.35. The summed E-state index contributed by atoms with van der Waals surface area (Å²) in [5.74, 6) is 0.301. The van der Waals surface area contributed by atoms with Crippen molar-refractivity contribution in [3.05, 3.63) is 71.4 Å². The van der Waals surface area contributed by atoms with E-state index in [9.17, 15) is 4.79 Å². The Morgan fingerprint density at radius 1 is 1.18 bits per heavy atom. The fraction of sp³-hybridized carbons (Fsp3) is 0.346. The first-order valence-corrected chi connectivity index (χ1v) is 11.4. The van der Waals surface area contributed by atoms with Crippen LogP contribution in [0, 0.1) is 18.8 Å². The summed E-state index contributed by atoms with van der Waals surface area (Å²) in [5, 5.41) is 14.4. The van der Waals surface area contributed by atoms with Gasteiger partial charge in [-0.05, 0) is 61.7 Å². The fourth-order valence-corrected chi connectivity index (χ4v) is 5.06. The molecule has 2 heterocycles. The first-order valence-electron chi connectivity index (χ1n) is 11.4. The van der Waals surface area contributed by atoms with Crippen molar-refractivity contribution in [3.63, 3.8) is 0 Å². The highest BCUT2D eigenvalue weighted by Crippen LogP contribution is 2.39. The summed E-state index contributed by atoms with van der Waals surface area (Å²) in [6, 6.07) is 18.0. The first kappa shape index (κ1) is 21.4. The molecule has 1 aromatic heterocycles. The monoisotopic (exact) mass is 445 g/mol. The molecule has 2 aliphatic rings. The molecule has 0 spiro atoms. The van der Waals surface area contributed by atoms with Crippen molar-refractivity contribution in [2.45, 2.75) is 45.3 Å². The van der Waals surface area contributed by atoms with Gasteiger partial charge in [0, 0.05) is 34.9 Å². The molecule has 5 rings (SSSR count). The molecule has 3 atom stereocenters. The van der Waals surface area contributed by atoms with Gasteiger partial charge in [0.2, 0.25) is 5.91 Å². The number of aryl methyl sites for hydroxylation is 1. The maximum Gasteiger partial charge on any atom is 0.246 e. The maximum atomic E-state index is 12.0. The number of hydrogen-bond acceptors (Lipinski definition) is 6. The van der Waals surface area contributed by atoms with Gasteiger partial charge in [0.05, 0.1) is 11.2 Å². The number of benzene rings is 2. The highest BCUT2D eigenvalue weighted by atomic mass is 16.6. The second-order valence-electron chi connectivity index (χ2n) is 8.82. The molecule has 1 aliphatic heterocycles. The number of hydrogen-bond donors (Lipinski definition) is 2. The molecule has 1 fully saturated rings. The van der Waals surface area contributed by atoms with Crippen LogP contribution < -0.4 is 10.2 Å². The molecule has 7 heteroatoms. The molecule has 1 amide bonds. The average Bonchev–Trinajstić information content (AvgIpc) is 3.52. The molecular formula is C26H27N3O4. The zero-order valence-electron chi connectivity index (χ0n) is 18.5. The van der Waals surface area contributed by atoms with E-state index in [1.807, 2.05) is 49.4 Å². The van der Waals surface area contributed by atoms with Gasteiger partial charge in [0.25, 0.3) is 0 Å². The van der Waals surface area contributed by atoms with Gasteiger partial charge in [0.15, 0.2) is 0 Å². The van der Waals surface area contributed by atoms with Crippen molar-refractivity contribution in [2.75, 3.05) is 0 Å². The number of pyridine rings is 1. The van der Waals surface area contributed by atoms with E-state index in [1.54, 1.807) is 5.48 Å². The normalized spacial score (nSPS) is 22.1. The van der Waals surface area contributed by atoms with Crippen molar-refractivity contribution in [2.24, 2.45) is 17.0 Å². The average molecular weight is 446 g/mol. The highest BCUT2D eigenvalue weighted by molar-refractivity contribution is 6.01. The number of aromatic nitrogens is 1. The molecule has 2 N–H and O–H groups in total. The molecule has 7 nitrogen and oxygen atoms in total.